The van der Waals surface area contributed by atoms with Crippen LogP contribution in [-0.4, -0.2) is 0 Å². The first kappa shape index (κ1) is 9.56. The Labute approximate surface area is 91.0 Å². The van der Waals surface area contributed by atoms with E-state index in [0.717, 1.165) is 23.7 Å². The van der Waals surface area contributed by atoms with E-state index in [1.165, 1.54) is 12.8 Å². The summed E-state index contributed by atoms with van der Waals surface area (Å²) in [6.07, 6.45) is 2.86. The topological polar surface area (TPSA) is 0 Å². The molecule has 4 rings (SSSR count). The van der Waals surface area contributed by atoms with Gasteiger partial charge in [0.2, 0.25) is 0 Å². The Kier molecular flexibility index (Phi) is 2.00. The van der Waals surface area contributed by atoms with Gasteiger partial charge in [-0.05, 0) is 61.0 Å². The molecule has 1 fully saturated rings. The van der Waals surface area contributed by atoms with E-state index in [1.54, 1.807) is 21.8 Å². The zero-order chi connectivity index (χ0) is 10.0. The molecule has 0 spiro atoms. The monoisotopic (exact) mass is 224 g/mol. The van der Waals surface area contributed by atoms with Crippen LogP contribution >= 0.6 is 18.5 Å². The summed E-state index contributed by atoms with van der Waals surface area (Å²) in [7, 11) is 5.99. The van der Waals surface area contributed by atoms with Gasteiger partial charge in [0.1, 0.15) is 0 Å². The summed E-state index contributed by atoms with van der Waals surface area (Å²) in [5.74, 6) is 3.52. The van der Waals surface area contributed by atoms with Gasteiger partial charge in [-0.25, -0.2) is 0 Å². The largest absolute Gasteiger partial charge is 0.110 e. The quantitative estimate of drug-likeness (QED) is 0.552. The van der Waals surface area contributed by atoms with Crippen LogP contribution in [0.3, 0.4) is 0 Å². The first-order valence-corrected chi connectivity index (χ1v) is 6.70. The van der Waals surface area contributed by atoms with Crippen molar-refractivity contribution in [3.05, 3.63) is 21.8 Å². The molecule has 0 aromatic carbocycles. The molecule has 6 atom stereocenters. The maximum atomic E-state index is 3.01. The van der Waals surface area contributed by atoms with Crippen molar-refractivity contribution in [3.63, 3.8) is 0 Å². The molecule has 0 aromatic rings. The zero-order valence-corrected chi connectivity index (χ0v) is 11.2. The van der Waals surface area contributed by atoms with Crippen LogP contribution in [0.25, 0.3) is 0 Å². The molecule has 6 unspecified atom stereocenters. The molecule has 4 aliphatic rings. The van der Waals surface area contributed by atoms with Gasteiger partial charge in [-0.15, -0.1) is 18.5 Å². The van der Waals surface area contributed by atoms with Crippen molar-refractivity contribution in [1.29, 1.82) is 0 Å². The Hall–Kier alpha value is 0.340. The SMILES string of the molecule is CC1=C(P)C2CCC1C1C(C)=C(P)C21. The Morgan fingerprint density at radius 2 is 1.50 bits per heavy atom. The van der Waals surface area contributed by atoms with Crippen molar-refractivity contribution < 1.29 is 0 Å². The van der Waals surface area contributed by atoms with Crippen LogP contribution in [0.1, 0.15) is 26.7 Å². The summed E-state index contributed by atoms with van der Waals surface area (Å²) in [5, 5.41) is 3.26. The van der Waals surface area contributed by atoms with Gasteiger partial charge in [0.25, 0.3) is 0 Å². The molecule has 0 saturated heterocycles. The van der Waals surface area contributed by atoms with Crippen molar-refractivity contribution in [1.82, 2.24) is 0 Å². The molecule has 1 saturated carbocycles. The third kappa shape index (κ3) is 0.929. The highest BCUT2D eigenvalue weighted by atomic mass is 31.0. The molecular formula is C12H18P2. The summed E-state index contributed by atoms with van der Waals surface area (Å²) >= 11 is 0. The highest BCUT2D eigenvalue weighted by molar-refractivity contribution is 7.23. The molecule has 2 bridgehead atoms. The molecule has 4 aliphatic carbocycles. The average Bonchev–Trinajstić information content (AvgIpc) is 2.22. The standard InChI is InChI=1S/C12H18P2/c1-5-7-3-4-8(11(5)13)10-9(7)6(2)12(10)14/h7-10H,3-4,13-14H2,1-2H3. The summed E-state index contributed by atoms with van der Waals surface area (Å²) in [4.78, 5) is 0. The summed E-state index contributed by atoms with van der Waals surface area (Å²) in [6.45, 7) is 4.68. The predicted molar refractivity (Wildman–Crippen MR) is 68.0 cm³/mol. The van der Waals surface area contributed by atoms with Gasteiger partial charge < -0.3 is 0 Å². The zero-order valence-electron chi connectivity index (χ0n) is 8.88. The third-order valence-corrected chi connectivity index (χ3v) is 6.49. The van der Waals surface area contributed by atoms with E-state index in [2.05, 4.69) is 32.3 Å². The van der Waals surface area contributed by atoms with Crippen molar-refractivity contribution in [3.8, 4) is 0 Å². The van der Waals surface area contributed by atoms with Crippen LogP contribution in [0.5, 0.6) is 0 Å². The molecular weight excluding hydrogens is 206 g/mol. The minimum absolute atomic E-state index is 0.853. The molecule has 0 amide bonds. The summed E-state index contributed by atoms with van der Waals surface area (Å²) in [6, 6.07) is 0. The van der Waals surface area contributed by atoms with E-state index in [-0.39, 0.29) is 0 Å². The molecule has 0 heterocycles. The van der Waals surface area contributed by atoms with Crippen molar-refractivity contribution in [2.45, 2.75) is 26.7 Å². The second-order valence-corrected chi connectivity index (χ2v) is 6.36. The third-order valence-electron chi connectivity index (χ3n) is 4.77. The Bertz CT molecular complexity index is 331. The van der Waals surface area contributed by atoms with Crippen LogP contribution in [-0.2, 0) is 0 Å². The molecule has 76 valence electrons. The Morgan fingerprint density at radius 1 is 0.857 bits per heavy atom. The van der Waals surface area contributed by atoms with Crippen molar-refractivity contribution >= 4 is 18.5 Å². The number of allylic oxidation sites excluding steroid dienone is 4. The Morgan fingerprint density at radius 3 is 2.21 bits per heavy atom. The first-order chi connectivity index (χ1) is 6.63. The second-order valence-electron chi connectivity index (χ2n) is 5.12. The maximum Gasteiger partial charge on any atom is -0.00227 e. The first-order valence-electron chi connectivity index (χ1n) is 5.55. The number of rotatable bonds is 0. The van der Waals surface area contributed by atoms with E-state index in [9.17, 15) is 0 Å². The number of hydrogen-bond acceptors (Lipinski definition) is 0. The van der Waals surface area contributed by atoms with Crippen LogP contribution in [0.15, 0.2) is 21.8 Å². The van der Waals surface area contributed by atoms with Crippen molar-refractivity contribution in [2.75, 3.05) is 0 Å². The lowest BCUT2D eigenvalue weighted by Crippen LogP contribution is -2.46. The number of hydrogen-bond donors (Lipinski definition) is 0. The van der Waals surface area contributed by atoms with Crippen LogP contribution in [0.4, 0.5) is 0 Å². The highest BCUT2D eigenvalue weighted by Gasteiger charge is 2.52. The number of fused-ring (bicyclic) bond motifs is 1. The highest BCUT2D eigenvalue weighted by Crippen LogP contribution is 2.64. The van der Waals surface area contributed by atoms with Crippen LogP contribution in [0, 0.1) is 23.7 Å². The smallest absolute Gasteiger partial charge is 0.00227 e. The fraction of sp³-hybridized carbons (Fsp3) is 0.667. The van der Waals surface area contributed by atoms with E-state index in [1.807, 2.05) is 0 Å². The fourth-order valence-electron chi connectivity index (χ4n) is 3.90. The molecule has 0 N–H and O–H groups in total. The molecule has 2 heteroatoms. The van der Waals surface area contributed by atoms with Gasteiger partial charge in [-0.1, -0.05) is 11.1 Å². The summed E-state index contributed by atoms with van der Waals surface area (Å²) in [5.41, 5.74) is 3.36. The van der Waals surface area contributed by atoms with E-state index in [4.69, 9.17) is 0 Å². The minimum Gasteiger partial charge on any atom is -0.110 e. The van der Waals surface area contributed by atoms with Crippen LogP contribution < -0.4 is 0 Å². The molecule has 0 aliphatic heterocycles. The van der Waals surface area contributed by atoms with Crippen molar-refractivity contribution in [2.24, 2.45) is 23.7 Å². The second kappa shape index (κ2) is 2.93. The van der Waals surface area contributed by atoms with E-state index in [0.29, 0.717) is 0 Å². The normalized spacial score (nSPS) is 45.4. The van der Waals surface area contributed by atoms with Gasteiger partial charge in [0.05, 0.1) is 0 Å². The van der Waals surface area contributed by atoms with Gasteiger partial charge in [-0.2, -0.15) is 0 Å². The lowest BCUT2D eigenvalue weighted by atomic mass is 9.52. The minimum atomic E-state index is 0.853. The average molecular weight is 224 g/mol. The molecule has 0 aromatic heterocycles. The molecule has 14 heavy (non-hydrogen) atoms. The van der Waals surface area contributed by atoms with E-state index >= 15 is 0 Å². The molecule has 0 nitrogen and oxygen atoms in total. The lowest BCUT2D eigenvalue weighted by Gasteiger charge is -2.56. The fourth-order valence-corrected chi connectivity index (χ4v) is 5.12. The van der Waals surface area contributed by atoms with Crippen LogP contribution in [0.2, 0.25) is 0 Å². The predicted octanol–water partition coefficient (Wildman–Crippen LogP) is 3.57. The van der Waals surface area contributed by atoms with Gasteiger partial charge in [0, 0.05) is 0 Å². The Balaban J connectivity index is 2.09. The summed E-state index contributed by atoms with van der Waals surface area (Å²) < 4.78 is 0. The van der Waals surface area contributed by atoms with Gasteiger partial charge >= 0.3 is 0 Å². The van der Waals surface area contributed by atoms with E-state index < -0.39 is 0 Å². The van der Waals surface area contributed by atoms with Gasteiger partial charge in [0.15, 0.2) is 0 Å². The maximum absolute atomic E-state index is 3.01. The molecule has 0 radical (unpaired) electrons. The van der Waals surface area contributed by atoms with Gasteiger partial charge in [-0.3, -0.25) is 0 Å². The lowest BCUT2D eigenvalue weighted by molar-refractivity contribution is 0.139.